The number of aryl methyl sites for hydroxylation is 2. The van der Waals surface area contributed by atoms with Crippen LogP contribution in [0.5, 0.6) is 0 Å². The lowest BCUT2D eigenvalue weighted by Gasteiger charge is -2.34. The Hall–Kier alpha value is -2.02. The molecule has 1 atom stereocenters. The van der Waals surface area contributed by atoms with Gasteiger partial charge in [-0.3, -0.25) is 0 Å². The molecule has 0 radical (unpaired) electrons. The lowest BCUT2D eigenvalue weighted by atomic mass is 10.0. The van der Waals surface area contributed by atoms with E-state index in [1.54, 1.807) is 6.33 Å². The molecule has 0 bridgehead atoms. The average molecular weight is 372 g/mol. The van der Waals surface area contributed by atoms with Crippen LogP contribution >= 0.6 is 0 Å². The molecule has 7 heteroatoms. The predicted molar refractivity (Wildman–Crippen MR) is 108 cm³/mol. The zero-order valence-electron chi connectivity index (χ0n) is 17.3. The first-order chi connectivity index (χ1) is 13.0. The van der Waals surface area contributed by atoms with Crippen molar-refractivity contribution in [3.05, 3.63) is 29.7 Å². The molecule has 0 aromatic carbocycles. The van der Waals surface area contributed by atoms with Crippen molar-refractivity contribution in [2.45, 2.75) is 78.4 Å². The molecule has 27 heavy (non-hydrogen) atoms. The molecule has 1 aliphatic rings. The number of aromatic nitrogens is 5. The van der Waals surface area contributed by atoms with Gasteiger partial charge >= 0.3 is 0 Å². The number of anilines is 1. The SMILES string of the molecule is CCCn1ncnc1C(C)NC1CCN(c2cc(C)nc(C(C)C)n2)CC1. The van der Waals surface area contributed by atoms with Gasteiger partial charge in [0, 0.05) is 43.4 Å². The summed E-state index contributed by atoms with van der Waals surface area (Å²) in [7, 11) is 0. The second kappa shape index (κ2) is 8.78. The van der Waals surface area contributed by atoms with Crippen LogP contribution in [0.3, 0.4) is 0 Å². The third-order valence-electron chi connectivity index (χ3n) is 5.15. The molecule has 7 nitrogen and oxygen atoms in total. The molecule has 3 rings (SSSR count). The standard InChI is InChI=1S/C20H33N7/c1-6-9-27-20(21-13-22-27)16(5)24-17-7-10-26(11-8-17)18-12-15(4)23-19(25-18)14(2)3/h12-14,16-17,24H,6-11H2,1-5H3. The minimum atomic E-state index is 0.212. The first-order valence-corrected chi connectivity index (χ1v) is 10.2. The molecule has 0 saturated carbocycles. The summed E-state index contributed by atoms with van der Waals surface area (Å²) in [5.74, 6) is 3.39. The number of nitrogens with zero attached hydrogens (tertiary/aromatic N) is 6. The average Bonchev–Trinajstić information content (AvgIpc) is 3.10. The van der Waals surface area contributed by atoms with Gasteiger partial charge in [-0.2, -0.15) is 5.10 Å². The highest BCUT2D eigenvalue weighted by Crippen LogP contribution is 2.22. The fraction of sp³-hybridized carbons (Fsp3) is 0.700. The Morgan fingerprint density at radius 3 is 2.59 bits per heavy atom. The van der Waals surface area contributed by atoms with E-state index in [-0.39, 0.29) is 6.04 Å². The summed E-state index contributed by atoms with van der Waals surface area (Å²) in [6, 6.07) is 2.81. The Bertz CT molecular complexity index is 732. The number of hydrogen-bond acceptors (Lipinski definition) is 6. The summed E-state index contributed by atoms with van der Waals surface area (Å²) in [6.07, 6.45) is 4.94. The van der Waals surface area contributed by atoms with Crippen LogP contribution in [0, 0.1) is 6.92 Å². The molecule has 0 aliphatic carbocycles. The van der Waals surface area contributed by atoms with Gasteiger partial charge in [0.05, 0.1) is 6.04 Å². The predicted octanol–water partition coefficient (Wildman–Crippen LogP) is 3.23. The van der Waals surface area contributed by atoms with Gasteiger partial charge in [-0.1, -0.05) is 20.8 Å². The van der Waals surface area contributed by atoms with Crippen LogP contribution in [0.1, 0.15) is 76.3 Å². The van der Waals surface area contributed by atoms with Gasteiger partial charge in [0.25, 0.3) is 0 Å². The van der Waals surface area contributed by atoms with Gasteiger partial charge in [0.15, 0.2) is 0 Å². The summed E-state index contributed by atoms with van der Waals surface area (Å²) < 4.78 is 2.02. The van der Waals surface area contributed by atoms with Crippen LogP contribution < -0.4 is 10.2 Å². The third-order valence-corrected chi connectivity index (χ3v) is 5.15. The Labute approximate surface area is 162 Å². The van der Waals surface area contributed by atoms with Crippen LogP contribution in [-0.4, -0.2) is 43.9 Å². The van der Waals surface area contributed by atoms with E-state index in [9.17, 15) is 0 Å². The van der Waals surface area contributed by atoms with Crippen LogP contribution in [0.25, 0.3) is 0 Å². The fourth-order valence-electron chi connectivity index (χ4n) is 3.69. The monoisotopic (exact) mass is 371 g/mol. The summed E-state index contributed by atoms with van der Waals surface area (Å²) in [6.45, 7) is 13.6. The van der Waals surface area contributed by atoms with Crippen LogP contribution in [0.2, 0.25) is 0 Å². The highest BCUT2D eigenvalue weighted by atomic mass is 15.3. The largest absolute Gasteiger partial charge is 0.356 e. The molecule has 1 N–H and O–H groups in total. The van der Waals surface area contributed by atoms with Gasteiger partial charge in [0.1, 0.15) is 23.8 Å². The lowest BCUT2D eigenvalue weighted by molar-refractivity contribution is 0.363. The van der Waals surface area contributed by atoms with Crippen molar-refractivity contribution in [3.8, 4) is 0 Å². The van der Waals surface area contributed by atoms with E-state index in [2.05, 4.69) is 66.0 Å². The van der Waals surface area contributed by atoms with Gasteiger partial charge in [-0.05, 0) is 33.1 Å². The van der Waals surface area contributed by atoms with Crippen molar-refractivity contribution in [2.24, 2.45) is 0 Å². The number of hydrogen-bond donors (Lipinski definition) is 1. The van der Waals surface area contributed by atoms with Crippen molar-refractivity contribution in [1.29, 1.82) is 0 Å². The molecular weight excluding hydrogens is 338 g/mol. The van der Waals surface area contributed by atoms with Crippen molar-refractivity contribution in [3.63, 3.8) is 0 Å². The Morgan fingerprint density at radius 1 is 1.19 bits per heavy atom. The normalized spacial score (nSPS) is 16.9. The minimum Gasteiger partial charge on any atom is -0.356 e. The summed E-state index contributed by atoms with van der Waals surface area (Å²) in [5.41, 5.74) is 1.05. The minimum absolute atomic E-state index is 0.212. The Morgan fingerprint density at radius 2 is 1.93 bits per heavy atom. The van der Waals surface area contributed by atoms with Gasteiger partial charge in [-0.25, -0.2) is 19.6 Å². The molecule has 1 fully saturated rings. The maximum Gasteiger partial charge on any atom is 0.143 e. The molecule has 1 aliphatic heterocycles. The quantitative estimate of drug-likeness (QED) is 0.806. The van der Waals surface area contributed by atoms with Gasteiger partial charge in [-0.15, -0.1) is 0 Å². The smallest absolute Gasteiger partial charge is 0.143 e. The van der Waals surface area contributed by atoms with E-state index < -0.39 is 0 Å². The molecule has 3 heterocycles. The topological polar surface area (TPSA) is 71.8 Å². The number of rotatable bonds is 7. The summed E-state index contributed by atoms with van der Waals surface area (Å²) >= 11 is 0. The van der Waals surface area contributed by atoms with E-state index in [0.29, 0.717) is 12.0 Å². The molecule has 2 aromatic heterocycles. The first-order valence-electron chi connectivity index (χ1n) is 10.2. The second-order valence-corrected chi connectivity index (χ2v) is 7.87. The molecule has 2 aromatic rings. The first kappa shape index (κ1) is 19.7. The second-order valence-electron chi connectivity index (χ2n) is 7.87. The molecule has 1 saturated heterocycles. The zero-order valence-corrected chi connectivity index (χ0v) is 17.3. The summed E-state index contributed by atoms with van der Waals surface area (Å²) in [5, 5.41) is 8.10. The maximum absolute atomic E-state index is 4.79. The van der Waals surface area contributed by atoms with Crippen molar-refractivity contribution in [2.75, 3.05) is 18.0 Å². The zero-order chi connectivity index (χ0) is 19.4. The van der Waals surface area contributed by atoms with Crippen LogP contribution in [-0.2, 0) is 6.54 Å². The fourth-order valence-corrected chi connectivity index (χ4v) is 3.69. The van der Waals surface area contributed by atoms with E-state index >= 15 is 0 Å². The maximum atomic E-state index is 4.79. The lowest BCUT2D eigenvalue weighted by Crippen LogP contribution is -2.44. The van der Waals surface area contributed by atoms with Crippen molar-refractivity contribution >= 4 is 5.82 Å². The molecule has 0 amide bonds. The van der Waals surface area contributed by atoms with Crippen LogP contribution in [0.15, 0.2) is 12.4 Å². The number of nitrogens with one attached hydrogen (secondary N) is 1. The van der Waals surface area contributed by atoms with E-state index in [0.717, 1.165) is 62.1 Å². The number of piperidine rings is 1. The van der Waals surface area contributed by atoms with Crippen molar-refractivity contribution < 1.29 is 0 Å². The molecular formula is C20H33N7. The van der Waals surface area contributed by atoms with Crippen molar-refractivity contribution in [1.82, 2.24) is 30.0 Å². The highest BCUT2D eigenvalue weighted by Gasteiger charge is 2.24. The van der Waals surface area contributed by atoms with Crippen LogP contribution in [0.4, 0.5) is 5.82 Å². The Balaban J connectivity index is 1.58. The van der Waals surface area contributed by atoms with Gasteiger partial charge in [0.2, 0.25) is 0 Å². The van der Waals surface area contributed by atoms with E-state index in [4.69, 9.17) is 4.98 Å². The Kier molecular flexibility index (Phi) is 6.42. The van der Waals surface area contributed by atoms with E-state index in [1.165, 1.54) is 0 Å². The molecule has 148 valence electrons. The third kappa shape index (κ3) is 4.83. The molecule has 0 spiro atoms. The summed E-state index contributed by atoms with van der Waals surface area (Å²) in [4.78, 5) is 16.2. The van der Waals surface area contributed by atoms with Gasteiger partial charge < -0.3 is 10.2 Å². The molecule has 1 unspecified atom stereocenters. The van der Waals surface area contributed by atoms with E-state index in [1.807, 2.05) is 4.68 Å². The highest BCUT2D eigenvalue weighted by molar-refractivity contribution is 5.40.